The first-order chi connectivity index (χ1) is 6.78. The number of hydrogen-bond acceptors (Lipinski definition) is 2. The Morgan fingerprint density at radius 1 is 1.07 bits per heavy atom. The Balaban J connectivity index is 3.80. The third-order valence-electron chi connectivity index (χ3n) is 2.79. The molecule has 0 fully saturated rings. The lowest BCUT2D eigenvalue weighted by molar-refractivity contribution is 0.388. The summed E-state index contributed by atoms with van der Waals surface area (Å²) in [4.78, 5) is 0. The van der Waals surface area contributed by atoms with Gasteiger partial charge in [-0.25, -0.2) is 0 Å². The van der Waals surface area contributed by atoms with E-state index in [4.69, 9.17) is 0 Å². The molecule has 0 bridgehead atoms. The Morgan fingerprint density at radius 2 is 1.71 bits per heavy atom. The lowest BCUT2D eigenvalue weighted by Gasteiger charge is -2.22. The summed E-state index contributed by atoms with van der Waals surface area (Å²) in [6.07, 6.45) is 4.01. The van der Waals surface area contributed by atoms with Crippen LogP contribution in [-0.4, -0.2) is 24.1 Å². The van der Waals surface area contributed by atoms with Gasteiger partial charge >= 0.3 is 0 Å². The van der Waals surface area contributed by atoms with Crippen LogP contribution in [0.2, 0.25) is 0 Å². The second kappa shape index (κ2) is 9.85. The van der Waals surface area contributed by atoms with Gasteiger partial charge in [-0.1, -0.05) is 40.5 Å². The van der Waals surface area contributed by atoms with E-state index in [0.29, 0.717) is 0 Å². The van der Waals surface area contributed by atoms with Crippen molar-refractivity contribution in [2.75, 3.05) is 18.1 Å². The van der Waals surface area contributed by atoms with Gasteiger partial charge in [0.15, 0.2) is 0 Å². The standard InChI is InChI=1S/C12H27NS/c1-5-11(6-2)9-12(13-7-3)10-14-8-4/h11-13H,5-10H2,1-4H3. The molecule has 2 heteroatoms. The Labute approximate surface area is 94.4 Å². The van der Waals surface area contributed by atoms with Crippen LogP contribution in [0.25, 0.3) is 0 Å². The van der Waals surface area contributed by atoms with Crippen molar-refractivity contribution >= 4 is 11.8 Å². The molecule has 0 radical (unpaired) electrons. The van der Waals surface area contributed by atoms with E-state index in [1.807, 2.05) is 0 Å². The highest BCUT2D eigenvalue weighted by molar-refractivity contribution is 7.99. The quantitative estimate of drug-likeness (QED) is 0.634. The molecule has 0 aromatic heterocycles. The van der Waals surface area contributed by atoms with E-state index < -0.39 is 0 Å². The summed E-state index contributed by atoms with van der Waals surface area (Å²) in [5.41, 5.74) is 0. The molecular formula is C12H27NS. The van der Waals surface area contributed by atoms with Crippen LogP contribution in [0.15, 0.2) is 0 Å². The van der Waals surface area contributed by atoms with E-state index in [0.717, 1.165) is 18.5 Å². The fourth-order valence-electron chi connectivity index (χ4n) is 1.78. The van der Waals surface area contributed by atoms with Crippen molar-refractivity contribution in [3.05, 3.63) is 0 Å². The molecule has 14 heavy (non-hydrogen) atoms. The van der Waals surface area contributed by atoms with Crippen LogP contribution in [0.3, 0.4) is 0 Å². The summed E-state index contributed by atoms with van der Waals surface area (Å²) < 4.78 is 0. The monoisotopic (exact) mass is 217 g/mol. The lowest BCUT2D eigenvalue weighted by Crippen LogP contribution is -2.33. The smallest absolute Gasteiger partial charge is 0.0160 e. The first kappa shape index (κ1) is 14.3. The highest BCUT2D eigenvalue weighted by atomic mass is 32.2. The summed E-state index contributed by atoms with van der Waals surface area (Å²) in [7, 11) is 0. The molecule has 1 nitrogen and oxygen atoms in total. The van der Waals surface area contributed by atoms with E-state index in [9.17, 15) is 0 Å². The van der Waals surface area contributed by atoms with Crippen molar-refractivity contribution in [2.24, 2.45) is 5.92 Å². The predicted molar refractivity (Wildman–Crippen MR) is 69.2 cm³/mol. The third kappa shape index (κ3) is 6.72. The number of hydrogen-bond donors (Lipinski definition) is 1. The molecule has 0 saturated heterocycles. The van der Waals surface area contributed by atoms with Gasteiger partial charge < -0.3 is 5.32 Å². The molecule has 0 aromatic rings. The second-order valence-electron chi connectivity index (χ2n) is 3.83. The molecule has 1 atom stereocenters. The molecular weight excluding hydrogens is 190 g/mol. The normalized spacial score (nSPS) is 13.5. The molecule has 0 aliphatic rings. The maximum absolute atomic E-state index is 3.60. The molecule has 0 spiro atoms. The van der Waals surface area contributed by atoms with Crippen LogP contribution >= 0.6 is 11.8 Å². The van der Waals surface area contributed by atoms with Gasteiger partial charge in [-0.15, -0.1) is 0 Å². The van der Waals surface area contributed by atoms with Gasteiger partial charge in [0, 0.05) is 11.8 Å². The molecule has 0 rings (SSSR count). The Bertz CT molecular complexity index is 113. The van der Waals surface area contributed by atoms with Gasteiger partial charge in [0.25, 0.3) is 0 Å². The lowest BCUT2D eigenvalue weighted by atomic mass is 9.95. The molecule has 0 amide bonds. The molecule has 0 saturated carbocycles. The van der Waals surface area contributed by atoms with E-state index in [1.165, 1.54) is 30.8 Å². The van der Waals surface area contributed by atoms with Gasteiger partial charge in [0.05, 0.1) is 0 Å². The minimum absolute atomic E-state index is 0.731. The summed E-state index contributed by atoms with van der Waals surface area (Å²) in [6.45, 7) is 10.2. The minimum Gasteiger partial charge on any atom is -0.313 e. The average molecular weight is 217 g/mol. The number of rotatable bonds is 9. The third-order valence-corrected chi connectivity index (χ3v) is 3.83. The number of thioether (sulfide) groups is 1. The van der Waals surface area contributed by atoms with Crippen LogP contribution in [0, 0.1) is 5.92 Å². The summed E-state index contributed by atoms with van der Waals surface area (Å²) in [5, 5.41) is 3.60. The fourth-order valence-corrected chi connectivity index (χ4v) is 2.56. The highest BCUT2D eigenvalue weighted by Gasteiger charge is 2.12. The van der Waals surface area contributed by atoms with Crippen molar-refractivity contribution < 1.29 is 0 Å². The first-order valence-corrected chi connectivity index (χ1v) is 7.24. The first-order valence-electron chi connectivity index (χ1n) is 6.09. The Hall–Kier alpha value is 0.310. The van der Waals surface area contributed by atoms with Crippen LogP contribution in [0.4, 0.5) is 0 Å². The summed E-state index contributed by atoms with van der Waals surface area (Å²) in [6, 6.07) is 0.731. The van der Waals surface area contributed by atoms with Gasteiger partial charge in [-0.3, -0.25) is 0 Å². The molecule has 1 unspecified atom stereocenters. The average Bonchev–Trinajstić information content (AvgIpc) is 2.22. The molecule has 0 aliphatic carbocycles. The van der Waals surface area contributed by atoms with Gasteiger partial charge in [-0.05, 0) is 24.6 Å². The number of nitrogens with one attached hydrogen (secondary N) is 1. The van der Waals surface area contributed by atoms with Crippen LogP contribution in [0.5, 0.6) is 0 Å². The van der Waals surface area contributed by atoms with Crippen molar-refractivity contribution in [2.45, 2.75) is 53.0 Å². The maximum atomic E-state index is 3.60. The van der Waals surface area contributed by atoms with Gasteiger partial charge in [-0.2, -0.15) is 11.8 Å². The van der Waals surface area contributed by atoms with Gasteiger partial charge in [0.1, 0.15) is 0 Å². The zero-order valence-electron chi connectivity index (χ0n) is 10.3. The van der Waals surface area contributed by atoms with Crippen molar-refractivity contribution in [3.63, 3.8) is 0 Å². The second-order valence-corrected chi connectivity index (χ2v) is 5.15. The minimum atomic E-state index is 0.731. The molecule has 0 heterocycles. The van der Waals surface area contributed by atoms with E-state index in [1.54, 1.807) is 0 Å². The van der Waals surface area contributed by atoms with Crippen LogP contribution in [-0.2, 0) is 0 Å². The summed E-state index contributed by atoms with van der Waals surface area (Å²) in [5.74, 6) is 3.43. The molecule has 0 aromatic carbocycles. The maximum Gasteiger partial charge on any atom is 0.0160 e. The summed E-state index contributed by atoms with van der Waals surface area (Å²) >= 11 is 2.06. The highest BCUT2D eigenvalue weighted by Crippen LogP contribution is 2.17. The van der Waals surface area contributed by atoms with Crippen LogP contribution in [0.1, 0.15) is 47.0 Å². The molecule has 86 valence electrons. The fraction of sp³-hybridized carbons (Fsp3) is 1.00. The largest absolute Gasteiger partial charge is 0.313 e. The SMILES string of the molecule is CCNC(CSCC)CC(CC)CC. The van der Waals surface area contributed by atoms with E-state index in [2.05, 4.69) is 44.8 Å². The Kier molecular flexibility index (Phi) is 10.1. The van der Waals surface area contributed by atoms with E-state index in [-0.39, 0.29) is 0 Å². The van der Waals surface area contributed by atoms with Crippen molar-refractivity contribution in [1.82, 2.24) is 5.32 Å². The van der Waals surface area contributed by atoms with Crippen LogP contribution < -0.4 is 5.32 Å². The molecule has 0 aliphatic heterocycles. The Morgan fingerprint density at radius 3 is 2.14 bits per heavy atom. The van der Waals surface area contributed by atoms with Crippen molar-refractivity contribution in [3.8, 4) is 0 Å². The van der Waals surface area contributed by atoms with Gasteiger partial charge in [0.2, 0.25) is 0 Å². The molecule has 1 N–H and O–H groups in total. The predicted octanol–water partition coefficient (Wildman–Crippen LogP) is 3.54. The zero-order valence-corrected chi connectivity index (χ0v) is 11.1. The van der Waals surface area contributed by atoms with Crippen molar-refractivity contribution in [1.29, 1.82) is 0 Å². The van der Waals surface area contributed by atoms with E-state index >= 15 is 0 Å². The topological polar surface area (TPSA) is 12.0 Å². The zero-order chi connectivity index (χ0) is 10.8.